The summed E-state index contributed by atoms with van der Waals surface area (Å²) in [7, 11) is 1.91. The summed E-state index contributed by atoms with van der Waals surface area (Å²) in [6.45, 7) is 3.61. The van der Waals surface area contributed by atoms with Crippen molar-refractivity contribution >= 4 is 16.9 Å². The fraction of sp³-hybridized carbons (Fsp3) is 0.429. The van der Waals surface area contributed by atoms with Gasteiger partial charge in [0.05, 0.1) is 23.5 Å². The third kappa shape index (κ3) is 2.91. The predicted octanol–water partition coefficient (Wildman–Crippen LogP) is 2.89. The summed E-state index contributed by atoms with van der Waals surface area (Å²) in [5.74, 6) is -0.934. The van der Waals surface area contributed by atoms with Crippen molar-refractivity contribution < 1.29 is 19.7 Å². The molecular formula is C21H25N3O4. The fourth-order valence-corrected chi connectivity index (χ4v) is 4.37. The van der Waals surface area contributed by atoms with Crippen LogP contribution < -0.4 is 0 Å². The minimum Gasteiger partial charge on any atom is -0.477 e. The van der Waals surface area contributed by atoms with Crippen molar-refractivity contribution in [1.82, 2.24) is 14.3 Å². The van der Waals surface area contributed by atoms with E-state index in [9.17, 15) is 15.0 Å². The number of carboxylic acids is 1. The molecule has 0 amide bonds. The number of benzene rings is 1. The zero-order valence-corrected chi connectivity index (χ0v) is 16.2. The SMILES string of the molecule is Cc1nn(C)c2c1-c1cccc3c(CCCO)c(C(=O)O)n(c13)CCCOC2. The van der Waals surface area contributed by atoms with Crippen LogP contribution in [0, 0.1) is 6.92 Å². The lowest BCUT2D eigenvalue weighted by Gasteiger charge is -2.16. The van der Waals surface area contributed by atoms with Gasteiger partial charge in [0.2, 0.25) is 0 Å². The summed E-state index contributed by atoms with van der Waals surface area (Å²) in [6.07, 6.45) is 1.79. The molecule has 2 N–H and O–H groups in total. The lowest BCUT2D eigenvalue weighted by atomic mass is 9.98. The highest BCUT2D eigenvalue weighted by atomic mass is 16.5. The Balaban J connectivity index is 2.10. The number of para-hydroxylation sites is 1. The lowest BCUT2D eigenvalue weighted by molar-refractivity contribution is 0.0681. The van der Waals surface area contributed by atoms with E-state index in [0.717, 1.165) is 45.4 Å². The number of hydrogen-bond donors (Lipinski definition) is 2. The minimum atomic E-state index is -0.934. The van der Waals surface area contributed by atoms with Crippen LogP contribution in [0.1, 0.15) is 40.3 Å². The quantitative estimate of drug-likeness (QED) is 0.723. The Bertz CT molecular complexity index is 1050. The molecule has 1 aliphatic heterocycles. The molecule has 7 heteroatoms. The summed E-state index contributed by atoms with van der Waals surface area (Å²) >= 11 is 0. The molecule has 0 spiro atoms. The van der Waals surface area contributed by atoms with Gasteiger partial charge in [0.15, 0.2) is 0 Å². The van der Waals surface area contributed by atoms with Gasteiger partial charge in [-0.25, -0.2) is 4.79 Å². The van der Waals surface area contributed by atoms with E-state index in [1.165, 1.54) is 0 Å². The van der Waals surface area contributed by atoms with Crippen LogP contribution in [0.5, 0.6) is 0 Å². The molecule has 7 nitrogen and oxygen atoms in total. The number of nitrogens with zero attached hydrogens (tertiary/aromatic N) is 3. The van der Waals surface area contributed by atoms with E-state index >= 15 is 0 Å². The molecule has 4 rings (SSSR count). The first-order valence-corrected chi connectivity index (χ1v) is 9.63. The molecule has 0 radical (unpaired) electrons. The molecule has 0 atom stereocenters. The first-order chi connectivity index (χ1) is 13.5. The minimum absolute atomic E-state index is 0.0329. The first kappa shape index (κ1) is 18.7. The third-order valence-corrected chi connectivity index (χ3v) is 5.49. The van der Waals surface area contributed by atoms with E-state index in [1.54, 1.807) is 0 Å². The standard InChI is InChI=1S/C21H25N3O4/c1-13-18-16-7-3-6-14-15(8-4-10-25)20(21(26)27)24(19(14)16)9-5-11-28-12-17(18)23(2)22-13/h3,6-7,25H,4-5,8-12H2,1-2H3,(H,26,27). The molecule has 0 saturated carbocycles. The van der Waals surface area contributed by atoms with Crippen LogP contribution in [0.2, 0.25) is 0 Å². The van der Waals surface area contributed by atoms with E-state index < -0.39 is 5.97 Å². The number of aromatic carboxylic acids is 1. The van der Waals surface area contributed by atoms with Crippen LogP contribution >= 0.6 is 0 Å². The Hall–Kier alpha value is -2.64. The average Bonchev–Trinajstić information content (AvgIpc) is 3.13. The Labute approximate surface area is 163 Å². The summed E-state index contributed by atoms with van der Waals surface area (Å²) in [6, 6.07) is 6.00. The maximum atomic E-state index is 12.2. The normalized spacial score (nSPS) is 14.2. The van der Waals surface area contributed by atoms with E-state index in [-0.39, 0.29) is 6.61 Å². The van der Waals surface area contributed by atoms with Gasteiger partial charge in [-0.05, 0) is 31.7 Å². The van der Waals surface area contributed by atoms with E-state index in [2.05, 4.69) is 5.10 Å². The topological polar surface area (TPSA) is 89.5 Å². The van der Waals surface area contributed by atoms with Gasteiger partial charge < -0.3 is 19.5 Å². The zero-order valence-electron chi connectivity index (χ0n) is 16.2. The number of carboxylic acid groups (broad SMARTS) is 1. The van der Waals surface area contributed by atoms with Gasteiger partial charge in [0.1, 0.15) is 5.69 Å². The maximum Gasteiger partial charge on any atom is 0.352 e. The first-order valence-electron chi connectivity index (χ1n) is 9.63. The summed E-state index contributed by atoms with van der Waals surface area (Å²) in [5.41, 5.74) is 5.94. The number of fused-ring (bicyclic) bond motifs is 2. The zero-order chi connectivity index (χ0) is 19.8. The summed E-state index contributed by atoms with van der Waals surface area (Å²) < 4.78 is 9.63. The molecule has 148 valence electrons. The lowest BCUT2D eigenvalue weighted by Crippen LogP contribution is -2.14. The largest absolute Gasteiger partial charge is 0.477 e. The summed E-state index contributed by atoms with van der Waals surface area (Å²) in [5, 5.41) is 24.8. The fourth-order valence-electron chi connectivity index (χ4n) is 4.37. The number of carbonyl (C=O) groups is 1. The molecule has 1 aromatic carbocycles. The molecule has 3 heterocycles. The van der Waals surface area contributed by atoms with Crippen molar-refractivity contribution in [2.45, 2.75) is 39.3 Å². The summed E-state index contributed by atoms with van der Waals surface area (Å²) in [4.78, 5) is 12.2. The van der Waals surface area contributed by atoms with E-state index in [1.807, 2.05) is 41.4 Å². The maximum absolute atomic E-state index is 12.2. The number of ether oxygens (including phenoxy) is 1. The molecule has 3 aromatic rings. The van der Waals surface area contributed by atoms with Gasteiger partial charge in [-0.2, -0.15) is 5.10 Å². The van der Waals surface area contributed by atoms with Crippen molar-refractivity contribution in [2.24, 2.45) is 7.05 Å². The monoisotopic (exact) mass is 383 g/mol. The number of aryl methyl sites for hydroxylation is 4. The second-order valence-electron chi connectivity index (χ2n) is 7.25. The number of rotatable bonds is 4. The Morgan fingerprint density at radius 2 is 2.18 bits per heavy atom. The molecular weight excluding hydrogens is 358 g/mol. The predicted molar refractivity (Wildman–Crippen MR) is 106 cm³/mol. The molecule has 2 aromatic heterocycles. The molecule has 0 unspecified atom stereocenters. The highest BCUT2D eigenvalue weighted by Crippen LogP contribution is 2.38. The van der Waals surface area contributed by atoms with Crippen molar-refractivity contribution in [3.8, 4) is 11.1 Å². The number of aliphatic hydroxyl groups is 1. The number of aromatic nitrogens is 3. The van der Waals surface area contributed by atoms with Crippen molar-refractivity contribution in [2.75, 3.05) is 13.2 Å². The highest BCUT2D eigenvalue weighted by Gasteiger charge is 2.27. The van der Waals surface area contributed by atoms with Gasteiger partial charge in [-0.3, -0.25) is 4.68 Å². The van der Waals surface area contributed by atoms with Crippen molar-refractivity contribution in [3.05, 3.63) is 40.8 Å². The average molecular weight is 383 g/mol. The Morgan fingerprint density at radius 1 is 1.36 bits per heavy atom. The number of hydrogen-bond acceptors (Lipinski definition) is 4. The van der Waals surface area contributed by atoms with Crippen LogP contribution in [-0.2, 0) is 31.4 Å². The van der Waals surface area contributed by atoms with Gasteiger partial charge in [-0.15, -0.1) is 0 Å². The second kappa shape index (κ2) is 7.41. The molecule has 1 aliphatic rings. The Kier molecular flexibility index (Phi) is 4.95. The van der Waals surface area contributed by atoms with E-state index in [4.69, 9.17) is 4.74 Å². The van der Waals surface area contributed by atoms with Crippen LogP contribution in [0.15, 0.2) is 18.2 Å². The molecule has 0 aliphatic carbocycles. The van der Waals surface area contributed by atoms with Gasteiger partial charge in [0.25, 0.3) is 0 Å². The van der Waals surface area contributed by atoms with Crippen LogP contribution in [0.3, 0.4) is 0 Å². The highest BCUT2D eigenvalue weighted by molar-refractivity contribution is 6.04. The Morgan fingerprint density at radius 3 is 2.93 bits per heavy atom. The smallest absolute Gasteiger partial charge is 0.352 e. The number of aliphatic hydroxyl groups excluding tert-OH is 1. The van der Waals surface area contributed by atoms with Crippen LogP contribution in [0.25, 0.3) is 22.0 Å². The second-order valence-corrected chi connectivity index (χ2v) is 7.25. The molecule has 0 fully saturated rings. The van der Waals surface area contributed by atoms with Crippen LogP contribution in [0.4, 0.5) is 0 Å². The van der Waals surface area contributed by atoms with Gasteiger partial charge >= 0.3 is 5.97 Å². The molecule has 28 heavy (non-hydrogen) atoms. The third-order valence-electron chi connectivity index (χ3n) is 5.49. The molecule has 0 bridgehead atoms. The van der Waals surface area contributed by atoms with Gasteiger partial charge in [0, 0.05) is 43.3 Å². The van der Waals surface area contributed by atoms with Crippen molar-refractivity contribution in [1.29, 1.82) is 0 Å². The van der Waals surface area contributed by atoms with Crippen molar-refractivity contribution in [3.63, 3.8) is 0 Å². The van der Waals surface area contributed by atoms with Gasteiger partial charge in [-0.1, -0.05) is 18.2 Å². The van der Waals surface area contributed by atoms with Crippen LogP contribution in [-0.4, -0.2) is 43.7 Å². The van der Waals surface area contributed by atoms with E-state index in [0.29, 0.717) is 38.3 Å². The molecule has 0 saturated heterocycles.